The van der Waals surface area contributed by atoms with Gasteiger partial charge in [0.2, 0.25) is 0 Å². The number of rotatable bonds is 12. The average Bonchev–Trinajstić information content (AvgIpc) is 3.80. The lowest BCUT2D eigenvalue weighted by molar-refractivity contribution is 0.0786. The first-order chi connectivity index (χ1) is 20.1. The van der Waals surface area contributed by atoms with Crippen molar-refractivity contribution in [2.45, 2.75) is 131 Å². The number of alkyl carbamates (subject to hydrolysis) is 2. The van der Waals surface area contributed by atoms with E-state index in [9.17, 15) is 9.59 Å². The lowest BCUT2D eigenvalue weighted by Gasteiger charge is -2.43. The van der Waals surface area contributed by atoms with Crippen molar-refractivity contribution in [2.75, 3.05) is 13.2 Å². The van der Waals surface area contributed by atoms with Crippen molar-refractivity contribution in [1.29, 1.82) is 0 Å². The molecule has 4 saturated carbocycles. The summed E-state index contributed by atoms with van der Waals surface area (Å²) >= 11 is 0. The van der Waals surface area contributed by atoms with Gasteiger partial charge in [0.15, 0.2) is 0 Å². The third kappa shape index (κ3) is 8.32. The van der Waals surface area contributed by atoms with Gasteiger partial charge in [-0.15, -0.1) is 0 Å². The van der Waals surface area contributed by atoms with Gasteiger partial charge >= 0.3 is 12.2 Å². The first kappa shape index (κ1) is 32.4. The SMILES string of the molecule is CC(C)=CCC/C(C)=C/COC(=O)NC1CCC2(CC1)C1C2C12CCC(NC(=O)OC/C=C(\C)CCC=C(C)C)CC2. The van der Waals surface area contributed by atoms with E-state index in [0.717, 1.165) is 63.2 Å². The first-order valence-electron chi connectivity index (χ1n) is 16.5. The summed E-state index contributed by atoms with van der Waals surface area (Å²) < 4.78 is 10.9. The molecule has 4 aliphatic rings. The maximum absolute atomic E-state index is 12.3. The summed E-state index contributed by atoms with van der Waals surface area (Å²) in [6.45, 7) is 13.3. The van der Waals surface area contributed by atoms with Crippen LogP contribution in [0.2, 0.25) is 0 Å². The molecule has 0 heterocycles. The molecule has 0 saturated heterocycles. The third-order valence-electron chi connectivity index (χ3n) is 10.5. The quantitative estimate of drug-likeness (QED) is 0.226. The van der Waals surface area contributed by atoms with E-state index in [1.165, 1.54) is 48.0 Å². The van der Waals surface area contributed by atoms with Crippen molar-refractivity contribution < 1.29 is 19.1 Å². The van der Waals surface area contributed by atoms with Gasteiger partial charge in [0, 0.05) is 12.1 Å². The van der Waals surface area contributed by atoms with Crippen molar-refractivity contribution in [2.24, 2.45) is 22.7 Å². The number of fused-ring (bicyclic) bond motifs is 5. The molecule has 0 aromatic heterocycles. The summed E-state index contributed by atoms with van der Waals surface area (Å²) in [4.78, 5) is 24.7. The van der Waals surface area contributed by atoms with E-state index in [1.807, 2.05) is 12.2 Å². The van der Waals surface area contributed by atoms with E-state index in [1.54, 1.807) is 0 Å². The monoisotopic (exact) mass is 580 g/mol. The van der Waals surface area contributed by atoms with Crippen LogP contribution in [0.1, 0.15) is 119 Å². The molecule has 0 aromatic carbocycles. The van der Waals surface area contributed by atoms with Gasteiger partial charge in [-0.05, 0) is 153 Å². The minimum absolute atomic E-state index is 0.240. The molecule has 4 rings (SSSR count). The van der Waals surface area contributed by atoms with Crippen molar-refractivity contribution in [3.63, 3.8) is 0 Å². The molecule has 234 valence electrons. The summed E-state index contributed by atoms with van der Waals surface area (Å²) in [5, 5.41) is 6.23. The molecule has 0 radical (unpaired) electrons. The van der Waals surface area contributed by atoms with Crippen LogP contribution in [0.5, 0.6) is 0 Å². The number of hydrogen-bond donors (Lipinski definition) is 2. The Morgan fingerprint density at radius 2 is 0.976 bits per heavy atom. The largest absolute Gasteiger partial charge is 0.445 e. The number of allylic oxidation sites excluding steroid dienone is 6. The number of nitrogens with one attached hydrogen (secondary N) is 2. The van der Waals surface area contributed by atoms with Crippen molar-refractivity contribution in [3.05, 3.63) is 46.6 Å². The highest BCUT2D eigenvalue weighted by Gasteiger charge is 2.89. The van der Waals surface area contributed by atoms with E-state index >= 15 is 0 Å². The molecule has 2 spiro atoms. The van der Waals surface area contributed by atoms with Gasteiger partial charge in [-0.2, -0.15) is 0 Å². The van der Waals surface area contributed by atoms with E-state index in [0.29, 0.717) is 24.0 Å². The molecule has 0 aromatic rings. The van der Waals surface area contributed by atoms with Gasteiger partial charge in [0.05, 0.1) is 0 Å². The van der Waals surface area contributed by atoms with Crippen LogP contribution in [-0.2, 0) is 9.47 Å². The smallest absolute Gasteiger partial charge is 0.407 e. The lowest BCUT2D eigenvalue weighted by Crippen LogP contribution is -2.43. The number of amides is 2. The molecule has 4 aliphatic carbocycles. The highest BCUT2D eigenvalue weighted by molar-refractivity contribution is 5.68. The molecule has 2 amide bonds. The Kier molecular flexibility index (Phi) is 11.0. The molecular weight excluding hydrogens is 524 g/mol. The Morgan fingerprint density at radius 1 is 0.619 bits per heavy atom. The summed E-state index contributed by atoms with van der Waals surface area (Å²) in [5.74, 6) is 1.76. The van der Waals surface area contributed by atoms with Gasteiger partial charge in [0.25, 0.3) is 0 Å². The standard InChI is InChI=1S/C36H56N2O4/c1-25(2)9-7-11-27(5)17-23-41-33(39)37-29-13-19-35(20-14-29)31-32(35)36(31)21-15-30(16-22-36)38-34(40)42-24-18-28(6)12-8-10-26(3)4/h9-10,17-18,29-32H,7-8,11-16,19-24H2,1-6H3,(H,37,39)(H,38,40)/b27-17+,28-18+. The predicted molar refractivity (Wildman–Crippen MR) is 170 cm³/mol. The summed E-state index contributed by atoms with van der Waals surface area (Å²) in [7, 11) is 0. The fourth-order valence-corrected chi connectivity index (χ4v) is 8.19. The lowest BCUT2D eigenvalue weighted by atomic mass is 9.64. The van der Waals surface area contributed by atoms with Crippen molar-refractivity contribution in [3.8, 4) is 0 Å². The van der Waals surface area contributed by atoms with Crippen LogP contribution < -0.4 is 10.6 Å². The van der Waals surface area contributed by atoms with Gasteiger partial charge in [-0.25, -0.2) is 9.59 Å². The van der Waals surface area contributed by atoms with Crippen LogP contribution in [0.15, 0.2) is 46.6 Å². The van der Waals surface area contributed by atoms with Crippen molar-refractivity contribution in [1.82, 2.24) is 10.6 Å². The highest BCUT2D eigenvalue weighted by atomic mass is 16.6. The second-order valence-corrected chi connectivity index (χ2v) is 14.2. The molecule has 42 heavy (non-hydrogen) atoms. The van der Waals surface area contributed by atoms with Gasteiger partial charge < -0.3 is 20.1 Å². The maximum Gasteiger partial charge on any atom is 0.407 e. The molecular formula is C36H56N2O4. The van der Waals surface area contributed by atoms with Crippen LogP contribution >= 0.6 is 0 Å². The normalized spacial score (nSPS) is 31.6. The summed E-state index contributed by atoms with van der Waals surface area (Å²) in [5.41, 5.74) is 6.29. The zero-order chi connectivity index (χ0) is 30.3. The van der Waals surface area contributed by atoms with E-state index in [2.05, 4.69) is 64.3 Å². The van der Waals surface area contributed by atoms with Gasteiger partial charge in [-0.1, -0.05) is 34.4 Å². The fourth-order valence-electron chi connectivity index (χ4n) is 8.19. The molecule has 0 atom stereocenters. The molecule has 0 bridgehead atoms. The predicted octanol–water partition coefficient (Wildman–Crippen LogP) is 8.94. The topological polar surface area (TPSA) is 76.7 Å². The fraction of sp³-hybridized carbons (Fsp3) is 0.722. The zero-order valence-corrected chi connectivity index (χ0v) is 27.2. The average molecular weight is 581 g/mol. The number of hydrogen-bond acceptors (Lipinski definition) is 4. The van der Waals surface area contributed by atoms with Crippen LogP contribution in [-0.4, -0.2) is 37.5 Å². The van der Waals surface area contributed by atoms with Crippen LogP contribution in [0.25, 0.3) is 0 Å². The molecule has 4 fully saturated rings. The Bertz CT molecular complexity index is 978. The first-order valence-corrected chi connectivity index (χ1v) is 16.5. The highest BCUT2D eigenvalue weighted by Crippen LogP contribution is 2.94. The van der Waals surface area contributed by atoms with E-state index < -0.39 is 0 Å². The van der Waals surface area contributed by atoms with Crippen molar-refractivity contribution >= 4 is 12.2 Å². The number of carbonyl (C=O) groups excluding carboxylic acids is 2. The Labute approximate surface area is 254 Å². The molecule has 6 heteroatoms. The van der Waals surface area contributed by atoms with Gasteiger partial charge in [0.1, 0.15) is 13.2 Å². The maximum atomic E-state index is 12.3. The Morgan fingerprint density at radius 3 is 1.31 bits per heavy atom. The molecule has 2 N–H and O–H groups in total. The van der Waals surface area contributed by atoms with E-state index in [4.69, 9.17) is 9.47 Å². The Hall–Kier alpha value is -2.50. The Balaban J connectivity index is 1.07. The van der Waals surface area contributed by atoms with Crippen LogP contribution in [0, 0.1) is 22.7 Å². The molecule has 0 unspecified atom stereocenters. The van der Waals surface area contributed by atoms with Crippen LogP contribution in [0.3, 0.4) is 0 Å². The van der Waals surface area contributed by atoms with E-state index in [-0.39, 0.29) is 24.3 Å². The minimum atomic E-state index is -0.281. The third-order valence-corrected chi connectivity index (χ3v) is 10.5. The minimum Gasteiger partial charge on any atom is -0.445 e. The van der Waals surface area contributed by atoms with Crippen LogP contribution in [0.4, 0.5) is 9.59 Å². The number of ether oxygens (including phenoxy) is 2. The second-order valence-electron chi connectivity index (χ2n) is 14.2. The summed E-state index contributed by atoms with van der Waals surface area (Å²) in [6, 6.07) is 0.479. The molecule has 0 aliphatic heterocycles. The van der Waals surface area contributed by atoms with Gasteiger partial charge in [-0.3, -0.25) is 0 Å². The molecule has 6 nitrogen and oxygen atoms in total. The summed E-state index contributed by atoms with van der Waals surface area (Å²) in [6.07, 6.45) is 21.2. The zero-order valence-electron chi connectivity index (χ0n) is 27.2. The number of carbonyl (C=O) groups is 2. The second kappa shape index (κ2) is 14.3.